The van der Waals surface area contributed by atoms with Crippen molar-refractivity contribution in [3.63, 3.8) is 0 Å². The molecule has 0 saturated carbocycles. The molecule has 0 saturated heterocycles. The van der Waals surface area contributed by atoms with Gasteiger partial charge in [0.1, 0.15) is 0 Å². The van der Waals surface area contributed by atoms with E-state index in [0.717, 1.165) is 27.7 Å². The fraction of sp³-hybridized carbons (Fsp3) is 0. The average Bonchev–Trinajstić information content (AvgIpc) is 3.04. The Morgan fingerprint density at radius 2 is 2.00 bits per heavy atom. The van der Waals surface area contributed by atoms with E-state index in [9.17, 15) is 4.79 Å². The van der Waals surface area contributed by atoms with Gasteiger partial charge in [-0.25, -0.2) is 0 Å². The predicted octanol–water partition coefficient (Wildman–Crippen LogP) is 3.06. The monoisotopic (exact) mass is 261 g/mol. The maximum Gasteiger partial charge on any atom is 0.256 e. The Labute approximate surface area is 115 Å². The molecule has 1 amide bonds. The number of H-pyrrole nitrogens is 1. The summed E-state index contributed by atoms with van der Waals surface area (Å²) in [6, 6.07) is 13.7. The van der Waals surface area contributed by atoms with Crippen molar-refractivity contribution < 1.29 is 4.79 Å². The Morgan fingerprint density at radius 3 is 2.95 bits per heavy atom. The molecular weight excluding hydrogens is 250 g/mol. The van der Waals surface area contributed by atoms with Crippen molar-refractivity contribution in [2.24, 2.45) is 0 Å². The summed E-state index contributed by atoms with van der Waals surface area (Å²) in [6.07, 6.45) is 3.69. The van der Waals surface area contributed by atoms with Gasteiger partial charge in [0.25, 0.3) is 5.91 Å². The number of anilines is 1. The number of para-hydroxylation sites is 1. The normalized spacial score (nSPS) is 15.6. The second-order valence-corrected chi connectivity index (χ2v) is 4.77. The van der Waals surface area contributed by atoms with Gasteiger partial charge in [0.15, 0.2) is 0 Å². The SMILES string of the molecule is O=C1Nc2ccccc2C1=Cc1ccc2[nH]ncc2c1. The number of carbonyl (C=O) groups excluding carboxylic acids is 1. The van der Waals surface area contributed by atoms with E-state index in [1.807, 2.05) is 48.5 Å². The van der Waals surface area contributed by atoms with Crippen LogP contribution in [-0.4, -0.2) is 16.1 Å². The number of hydrogen-bond acceptors (Lipinski definition) is 2. The van der Waals surface area contributed by atoms with Crippen LogP contribution in [0.4, 0.5) is 5.69 Å². The minimum atomic E-state index is -0.0570. The Kier molecular flexibility index (Phi) is 2.23. The van der Waals surface area contributed by atoms with Crippen LogP contribution in [0.15, 0.2) is 48.7 Å². The third-order valence-corrected chi connectivity index (χ3v) is 3.49. The van der Waals surface area contributed by atoms with Crippen molar-refractivity contribution in [2.75, 3.05) is 5.32 Å². The second kappa shape index (κ2) is 4.06. The highest BCUT2D eigenvalue weighted by Crippen LogP contribution is 2.32. The van der Waals surface area contributed by atoms with E-state index >= 15 is 0 Å². The first-order valence-electron chi connectivity index (χ1n) is 6.37. The molecule has 1 aliphatic rings. The van der Waals surface area contributed by atoms with Crippen LogP contribution in [0.25, 0.3) is 22.6 Å². The smallest absolute Gasteiger partial charge is 0.256 e. The molecule has 0 fully saturated rings. The molecule has 0 unspecified atom stereocenters. The van der Waals surface area contributed by atoms with E-state index in [2.05, 4.69) is 15.5 Å². The van der Waals surface area contributed by atoms with Gasteiger partial charge in [0.05, 0.1) is 11.7 Å². The molecule has 0 bridgehead atoms. The molecule has 4 nitrogen and oxygen atoms in total. The van der Waals surface area contributed by atoms with Gasteiger partial charge in [0.2, 0.25) is 0 Å². The van der Waals surface area contributed by atoms with Gasteiger partial charge in [-0.2, -0.15) is 5.10 Å². The van der Waals surface area contributed by atoms with Crippen molar-refractivity contribution in [1.29, 1.82) is 0 Å². The van der Waals surface area contributed by atoms with Gasteiger partial charge >= 0.3 is 0 Å². The minimum Gasteiger partial charge on any atom is -0.321 e. The number of rotatable bonds is 1. The third-order valence-electron chi connectivity index (χ3n) is 3.49. The zero-order chi connectivity index (χ0) is 13.5. The molecule has 2 heterocycles. The Balaban J connectivity index is 1.85. The van der Waals surface area contributed by atoms with E-state index in [0.29, 0.717) is 5.57 Å². The zero-order valence-electron chi connectivity index (χ0n) is 10.6. The van der Waals surface area contributed by atoms with Crippen LogP contribution in [0.5, 0.6) is 0 Å². The second-order valence-electron chi connectivity index (χ2n) is 4.77. The van der Waals surface area contributed by atoms with E-state index in [1.165, 1.54) is 0 Å². The van der Waals surface area contributed by atoms with Crippen molar-refractivity contribution in [3.05, 3.63) is 59.8 Å². The fourth-order valence-corrected chi connectivity index (χ4v) is 2.50. The molecule has 20 heavy (non-hydrogen) atoms. The minimum absolute atomic E-state index is 0.0570. The van der Waals surface area contributed by atoms with Crippen LogP contribution in [0.1, 0.15) is 11.1 Å². The van der Waals surface area contributed by atoms with Crippen LogP contribution in [-0.2, 0) is 4.79 Å². The molecular formula is C16H11N3O. The lowest BCUT2D eigenvalue weighted by atomic mass is 10.0. The molecule has 0 radical (unpaired) electrons. The highest BCUT2D eigenvalue weighted by Gasteiger charge is 2.23. The zero-order valence-corrected chi connectivity index (χ0v) is 10.6. The number of aromatic nitrogens is 2. The molecule has 96 valence electrons. The molecule has 4 rings (SSSR count). The lowest BCUT2D eigenvalue weighted by molar-refractivity contribution is -0.110. The summed E-state index contributed by atoms with van der Waals surface area (Å²) in [6.45, 7) is 0. The maximum atomic E-state index is 12.1. The van der Waals surface area contributed by atoms with Crippen molar-refractivity contribution in [3.8, 4) is 0 Å². The van der Waals surface area contributed by atoms with Gasteiger partial charge in [-0.3, -0.25) is 9.89 Å². The van der Waals surface area contributed by atoms with E-state index < -0.39 is 0 Å². The quantitative estimate of drug-likeness (QED) is 0.661. The highest BCUT2D eigenvalue weighted by molar-refractivity contribution is 6.34. The van der Waals surface area contributed by atoms with Gasteiger partial charge in [-0.15, -0.1) is 0 Å². The van der Waals surface area contributed by atoms with Crippen LogP contribution in [0.2, 0.25) is 0 Å². The molecule has 4 heteroatoms. The summed E-state index contributed by atoms with van der Waals surface area (Å²) in [5, 5.41) is 10.8. The first kappa shape index (κ1) is 11.0. The number of benzene rings is 2. The number of fused-ring (bicyclic) bond motifs is 2. The molecule has 0 atom stereocenters. The number of aromatic amines is 1. The summed E-state index contributed by atoms with van der Waals surface area (Å²) in [5.74, 6) is -0.0570. The number of nitrogens with zero attached hydrogens (tertiary/aromatic N) is 1. The van der Waals surface area contributed by atoms with Gasteiger partial charge in [-0.1, -0.05) is 24.3 Å². The van der Waals surface area contributed by atoms with Gasteiger partial charge in [0, 0.05) is 22.2 Å². The molecule has 3 aromatic rings. The number of nitrogens with one attached hydrogen (secondary N) is 2. The van der Waals surface area contributed by atoms with Crippen molar-refractivity contribution in [2.45, 2.75) is 0 Å². The number of carbonyl (C=O) groups is 1. The van der Waals surface area contributed by atoms with E-state index in [-0.39, 0.29) is 5.91 Å². The molecule has 0 aliphatic carbocycles. The molecule has 1 aliphatic heterocycles. The van der Waals surface area contributed by atoms with Gasteiger partial charge < -0.3 is 5.32 Å². The lowest BCUT2D eigenvalue weighted by Crippen LogP contribution is -2.03. The van der Waals surface area contributed by atoms with Crippen LogP contribution in [0, 0.1) is 0 Å². The van der Waals surface area contributed by atoms with Crippen LogP contribution in [0.3, 0.4) is 0 Å². The Bertz CT molecular complexity index is 861. The molecule has 2 aromatic carbocycles. The summed E-state index contributed by atoms with van der Waals surface area (Å²) in [7, 11) is 0. The standard InChI is InChI=1S/C16H11N3O/c20-16-13(12-3-1-2-4-15(12)18-16)8-10-5-6-14-11(7-10)9-17-19-14/h1-9H,(H,17,19)(H,18,20). The molecule has 1 aromatic heterocycles. The van der Waals surface area contributed by atoms with Crippen LogP contribution >= 0.6 is 0 Å². The topological polar surface area (TPSA) is 57.8 Å². The first-order chi connectivity index (χ1) is 9.81. The van der Waals surface area contributed by atoms with E-state index in [4.69, 9.17) is 0 Å². The largest absolute Gasteiger partial charge is 0.321 e. The Hall–Kier alpha value is -2.88. The summed E-state index contributed by atoms with van der Waals surface area (Å²) in [4.78, 5) is 12.1. The number of amides is 1. The van der Waals surface area contributed by atoms with Crippen molar-refractivity contribution >= 4 is 34.1 Å². The first-order valence-corrected chi connectivity index (χ1v) is 6.37. The third kappa shape index (κ3) is 1.62. The predicted molar refractivity (Wildman–Crippen MR) is 79.0 cm³/mol. The maximum absolute atomic E-state index is 12.1. The van der Waals surface area contributed by atoms with Crippen LogP contribution < -0.4 is 5.32 Å². The highest BCUT2D eigenvalue weighted by atomic mass is 16.2. The lowest BCUT2D eigenvalue weighted by Gasteiger charge is -1.98. The summed E-state index contributed by atoms with van der Waals surface area (Å²) in [5.41, 5.74) is 4.49. The molecule has 0 spiro atoms. The molecule has 2 N–H and O–H groups in total. The van der Waals surface area contributed by atoms with Gasteiger partial charge in [-0.05, 0) is 29.8 Å². The average molecular weight is 261 g/mol. The fourth-order valence-electron chi connectivity index (χ4n) is 2.50. The van der Waals surface area contributed by atoms with Crippen molar-refractivity contribution in [1.82, 2.24) is 10.2 Å². The summed E-state index contributed by atoms with van der Waals surface area (Å²) < 4.78 is 0. The summed E-state index contributed by atoms with van der Waals surface area (Å²) >= 11 is 0. The number of hydrogen-bond donors (Lipinski definition) is 2. The van der Waals surface area contributed by atoms with E-state index in [1.54, 1.807) is 6.20 Å². The Morgan fingerprint density at radius 1 is 1.10 bits per heavy atom.